The van der Waals surface area contributed by atoms with Crippen molar-refractivity contribution < 1.29 is 4.79 Å². The van der Waals surface area contributed by atoms with Gasteiger partial charge in [0.15, 0.2) is 0 Å². The Kier molecular flexibility index (Phi) is 5.73. The minimum atomic E-state index is -0.0752. The van der Waals surface area contributed by atoms with E-state index in [2.05, 4.69) is 75.9 Å². The maximum Gasteiger partial charge on any atom is 0.273 e. The first-order valence-electron chi connectivity index (χ1n) is 12.9. The Bertz CT molecular complexity index is 1560. The van der Waals surface area contributed by atoms with E-state index in [0.29, 0.717) is 5.69 Å². The van der Waals surface area contributed by atoms with Gasteiger partial charge < -0.3 is 9.88 Å². The number of amides is 1. The lowest BCUT2D eigenvalue weighted by molar-refractivity contribution is 0.102. The van der Waals surface area contributed by atoms with Crippen molar-refractivity contribution in [1.29, 1.82) is 0 Å². The highest BCUT2D eigenvalue weighted by Crippen LogP contribution is 2.39. The summed E-state index contributed by atoms with van der Waals surface area (Å²) in [6.45, 7) is 5.16. The Morgan fingerprint density at radius 2 is 1.72 bits per heavy atom. The van der Waals surface area contributed by atoms with E-state index in [1.165, 1.54) is 16.7 Å². The molecule has 0 bridgehead atoms. The number of aromatic nitrogens is 2. The van der Waals surface area contributed by atoms with Crippen LogP contribution in [0.2, 0.25) is 0 Å². The number of benzene rings is 3. The standard InChI is InChI=1S/C32H31N3O/c1-3-23-15-17-25(18-16-23)29-27-14-7-8-19-34-28(24-11-5-4-6-12-24)21-35(32(27)34)30(29)31(36)33-26-13-9-10-22(2)20-26/h4-6,9-13,15-18,20-21H,3,7-8,14,19H2,1-2H3,(H,33,36). The number of imidazole rings is 1. The average molecular weight is 474 g/mol. The van der Waals surface area contributed by atoms with Crippen molar-refractivity contribution in [2.75, 3.05) is 5.32 Å². The molecule has 1 N–H and O–H groups in total. The van der Waals surface area contributed by atoms with Gasteiger partial charge in [-0.25, -0.2) is 0 Å². The van der Waals surface area contributed by atoms with Gasteiger partial charge in [0.2, 0.25) is 0 Å². The molecule has 1 amide bonds. The highest BCUT2D eigenvalue weighted by Gasteiger charge is 2.29. The third kappa shape index (κ3) is 3.83. The fraction of sp³-hybridized carbons (Fsp3) is 0.219. The van der Waals surface area contributed by atoms with E-state index in [-0.39, 0.29) is 5.91 Å². The summed E-state index contributed by atoms with van der Waals surface area (Å²) in [5.41, 5.74) is 10.9. The Labute approximate surface area is 212 Å². The molecule has 0 radical (unpaired) electrons. The molecule has 1 aliphatic rings. The van der Waals surface area contributed by atoms with Gasteiger partial charge in [-0.15, -0.1) is 0 Å². The van der Waals surface area contributed by atoms with E-state index >= 15 is 0 Å². The Morgan fingerprint density at radius 3 is 2.47 bits per heavy atom. The number of rotatable bonds is 5. The quantitative estimate of drug-likeness (QED) is 0.281. The fourth-order valence-electron chi connectivity index (χ4n) is 5.58. The molecule has 1 aliphatic heterocycles. The minimum absolute atomic E-state index is 0.0752. The maximum absolute atomic E-state index is 14.0. The second-order valence-corrected chi connectivity index (χ2v) is 9.76. The van der Waals surface area contributed by atoms with Gasteiger partial charge in [-0.2, -0.15) is 0 Å². The number of hydrogen-bond acceptors (Lipinski definition) is 1. The number of nitrogens with one attached hydrogen (secondary N) is 1. The zero-order valence-corrected chi connectivity index (χ0v) is 20.9. The molecule has 3 aromatic carbocycles. The third-order valence-corrected chi connectivity index (χ3v) is 7.35. The van der Waals surface area contributed by atoms with E-state index < -0.39 is 0 Å². The van der Waals surface area contributed by atoms with Gasteiger partial charge >= 0.3 is 0 Å². The van der Waals surface area contributed by atoms with Crippen LogP contribution in [0.15, 0.2) is 85.1 Å². The van der Waals surface area contributed by atoms with Crippen molar-refractivity contribution in [3.05, 3.63) is 107 Å². The van der Waals surface area contributed by atoms with Crippen LogP contribution in [0.4, 0.5) is 5.69 Å². The van der Waals surface area contributed by atoms with Crippen molar-refractivity contribution in [3.8, 4) is 22.4 Å². The molecule has 0 saturated carbocycles. The summed E-state index contributed by atoms with van der Waals surface area (Å²) >= 11 is 0. The molecule has 180 valence electrons. The van der Waals surface area contributed by atoms with Gasteiger partial charge in [0, 0.05) is 29.6 Å². The van der Waals surface area contributed by atoms with Gasteiger partial charge in [0.05, 0.1) is 5.69 Å². The number of carbonyl (C=O) groups excluding carboxylic acids is 1. The normalized spacial score (nSPS) is 13.1. The molecule has 3 heterocycles. The second kappa shape index (κ2) is 9.19. The van der Waals surface area contributed by atoms with Crippen LogP contribution in [-0.4, -0.2) is 14.9 Å². The van der Waals surface area contributed by atoms with Crippen molar-refractivity contribution in [1.82, 2.24) is 8.97 Å². The Balaban J connectivity index is 1.60. The summed E-state index contributed by atoms with van der Waals surface area (Å²) in [5.74, 6) is -0.0752. The molecule has 6 rings (SSSR count). The molecule has 0 aliphatic carbocycles. The summed E-state index contributed by atoms with van der Waals surface area (Å²) < 4.78 is 4.57. The third-order valence-electron chi connectivity index (χ3n) is 7.35. The molecule has 4 nitrogen and oxygen atoms in total. The molecule has 0 spiro atoms. The molecule has 0 fully saturated rings. The number of carbonyl (C=O) groups is 1. The summed E-state index contributed by atoms with van der Waals surface area (Å²) in [6, 6.07) is 27.2. The number of anilines is 1. The second-order valence-electron chi connectivity index (χ2n) is 9.76. The van der Waals surface area contributed by atoms with Crippen LogP contribution in [0, 0.1) is 6.92 Å². The summed E-state index contributed by atoms with van der Waals surface area (Å²) in [5, 5.41) is 3.20. The summed E-state index contributed by atoms with van der Waals surface area (Å²) in [7, 11) is 0. The highest BCUT2D eigenvalue weighted by atomic mass is 16.1. The first-order valence-corrected chi connectivity index (χ1v) is 12.9. The summed E-state index contributed by atoms with van der Waals surface area (Å²) in [6.07, 6.45) is 6.35. The summed E-state index contributed by atoms with van der Waals surface area (Å²) in [4.78, 5) is 14.0. The largest absolute Gasteiger partial charge is 0.325 e. The van der Waals surface area contributed by atoms with Gasteiger partial charge in [-0.3, -0.25) is 9.20 Å². The zero-order chi connectivity index (χ0) is 24.6. The van der Waals surface area contributed by atoms with Crippen LogP contribution >= 0.6 is 0 Å². The fourth-order valence-corrected chi connectivity index (χ4v) is 5.58. The number of hydrogen-bond donors (Lipinski definition) is 1. The van der Waals surface area contributed by atoms with Crippen molar-refractivity contribution in [3.63, 3.8) is 0 Å². The lowest BCUT2D eigenvalue weighted by atomic mass is 9.96. The SMILES string of the molecule is CCc1ccc(-c2c3c4n(c(-c5ccccc5)cn4c2C(=O)Nc2cccc(C)c2)CCCC3)cc1. The highest BCUT2D eigenvalue weighted by molar-refractivity contribution is 6.10. The number of nitrogens with zero attached hydrogens (tertiary/aromatic N) is 2. The van der Waals surface area contributed by atoms with Crippen LogP contribution in [0.3, 0.4) is 0 Å². The van der Waals surface area contributed by atoms with Crippen LogP contribution in [0.25, 0.3) is 28.0 Å². The molecular weight excluding hydrogens is 442 g/mol. The molecule has 2 aromatic heterocycles. The van der Waals surface area contributed by atoms with E-state index in [0.717, 1.165) is 65.9 Å². The lowest BCUT2D eigenvalue weighted by Gasteiger charge is -2.11. The van der Waals surface area contributed by atoms with Gasteiger partial charge in [0.25, 0.3) is 5.91 Å². The molecular formula is C32H31N3O. The van der Waals surface area contributed by atoms with Crippen molar-refractivity contribution in [2.45, 2.75) is 46.1 Å². The molecule has 0 unspecified atom stereocenters. The molecule has 0 atom stereocenters. The van der Waals surface area contributed by atoms with Crippen LogP contribution in [0.1, 0.15) is 46.9 Å². The Hall–Kier alpha value is -4.05. The predicted octanol–water partition coefficient (Wildman–Crippen LogP) is 7.53. The van der Waals surface area contributed by atoms with E-state index in [9.17, 15) is 4.79 Å². The topological polar surface area (TPSA) is 38.4 Å². The van der Waals surface area contributed by atoms with Crippen LogP contribution < -0.4 is 5.32 Å². The molecule has 5 aromatic rings. The molecule has 4 heteroatoms. The van der Waals surface area contributed by atoms with Crippen molar-refractivity contribution in [2.24, 2.45) is 0 Å². The van der Waals surface area contributed by atoms with E-state index in [4.69, 9.17) is 0 Å². The van der Waals surface area contributed by atoms with Crippen LogP contribution in [0.5, 0.6) is 0 Å². The zero-order valence-electron chi connectivity index (χ0n) is 20.9. The Morgan fingerprint density at radius 1 is 0.917 bits per heavy atom. The van der Waals surface area contributed by atoms with Crippen molar-refractivity contribution >= 4 is 17.2 Å². The van der Waals surface area contributed by atoms with Crippen LogP contribution in [-0.2, 0) is 19.4 Å². The van der Waals surface area contributed by atoms with E-state index in [1.54, 1.807) is 0 Å². The molecule has 36 heavy (non-hydrogen) atoms. The smallest absolute Gasteiger partial charge is 0.273 e. The predicted molar refractivity (Wildman–Crippen MR) is 148 cm³/mol. The van der Waals surface area contributed by atoms with Gasteiger partial charge in [-0.05, 0) is 67.0 Å². The minimum Gasteiger partial charge on any atom is -0.325 e. The monoisotopic (exact) mass is 473 g/mol. The molecule has 0 saturated heterocycles. The number of aryl methyl sites for hydroxylation is 4. The van der Waals surface area contributed by atoms with Gasteiger partial charge in [0.1, 0.15) is 11.3 Å². The maximum atomic E-state index is 14.0. The van der Waals surface area contributed by atoms with Gasteiger partial charge in [-0.1, -0.05) is 73.7 Å². The first-order chi connectivity index (χ1) is 17.6. The lowest BCUT2D eigenvalue weighted by Crippen LogP contribution is -2.15. The van der Waals surface area contributed by atoms with E-state index in [1.807, 2.05) is 37.3 Å². The first kappa shape index (κ1) is 22.4. The average Bonchev–Trinajstić information content (AvgIpc) is 3.32.